The van der Waals surface area contributed by atoms with Crippen LogP contribution in [0.15, 0.2) is 70.7 Å². The molecule has 0 atom stereocenters. The molecule has 3 heterocycles. The molecule has 0 fully saturated rings. The number of thioether (sulfide) groups is 1. The number of alkyl halides is 2. The highest BCUT2D eigenvalue weighted by Gasteiger charge is 2.20. The third-order valence-corrected chi connectivity index (χ3v) is 6.29. The zero-order chi connectivity index (χ0) is 24.0. The molecule has 5 rings (SSSR count). The van der Waals surface area contributed by atoms with Gasteiger partial charge in [-0.2, -0.15) is 8.78 Å². The lowest BCUT2D eigenvalue weighted by Crippen LogP contribution is -2.23. The SMILES string of the molecule is CSc1cnc2c(N)c(-c3ccc4ncn(C)c4c3)c(=O)n(-c3ccc(OC(F)F)cc3)c2c1. The van der Waals surface area contributed by atoms with Crippen LogP contribution in [0.1, 0.15) is 0 Å². The Balaban J connectivity index is 1.81. The summed E-state index contributed by atoms with van der Waals surface area (Å²) in [5.74, 6) is -0.00337. The number of fused-ring (bicyclic) bond motifs is 2. The average molecular weight is 480 g/mol. The Kier molecular flexibility index (Phi) is 5.45. The summed E-state index contributed by atoms with van der Waals surface area (Å²) in [7, 11) is 1.87. The van der Waals surface area contributed by atoms with Gasteiger partial charge in [0.15, 0.2) is 0 Å². The molecule has 172 valence electrons. The van der Waals surface area contributed by atoms with Gasteiger partial charge in [-0.15, -0.1) is 11.8 Å². The Morgan fingerprint density at radius 3 is 2.53 bits per heavy atom. The normalized spacial score (nSPS) is 11.6. The maximum atomic E-state index is 13.9. The fraction of sp³-hybridized carbons (Fsp3) is 0.125. The average Bonchev–Trinajstić information content (AvgIpc) is 3.19. The lowest BCUT2D eigenvalue weighted by Gasteiger charge is -2.17. The lowest BCUT2D eigenvalue weighted by atomic mass is 10.0. The highest BCUT2D eigenvalue weighted by atomic mass is 32.2. The van der Waals surface area contributed by atoms with Crippen LogP contribution >= 0.6 is 11.8 Å². The van der Waals surface area contributed by atoms with Crippen molar-refractivity contribution in [3.8, 4) is 22.6 Å². The minimum Gasteiger partial charge on any atom is -0.435 e. The van der Waals surface area contributed by atoms with Crippen molar-refractivity contribution in [3.05, 3.63) is 71.4 Å². The van der Waals surface area contributed by atoms with E-state index < -0.39 is 6.61 Å². The molecule has 0 radical (unpaired) electrons. The zero-order valence-electron chi connectivity index (χ0n) is 18.2. The molecule has 0 saturated heterocycles. The van der Waals surface area contributed by atoms with Crippen LogP contribution in [0, 0.1) is 0 Å². The fourth-order valence-electron chi connectivity index (χ4n) is 3.97. The molecule has 0 spiro atoms. The molecule has 0 aliphatic heterocycles. The predicted molar refractivity (Wildman–Crippen MR) is 130 cm³/mol. The number of ether oxygens (including phenoxy) is 1. The van der Waals surface area contributed by atoms with Gasteiger partial charge in [0.1, 0.15) is 11.3 Å². The van der Waals surface area contributed by atoms with Crippen molar-refractivity contribution in [2.75, 3.05) is 12.0 Å². The van der Waals surface area contributed by atoms with E-state index in [1.54, 1.807) is 30.7 Å². The minimum atomic E-state index is -2.94. The molecule has 0 saturated carbocycles. The first-order chi connectivity index (χ1) is 16.4. The van der Waals surface area contributed by atoms with Gasteiger partial charge in [0.2, 0.25) is 0 Å². The topological polar surface area (TPSA) is 88.0 Å². The van der Waals surface area contributed by atoms with E-state index >= 15 is 0 Å². The number of nitrogens with zero attached hydrogens (tertiary/aromatic N) is 4. The van der Waals surface area contributed by atoms with Gasteiger partial charge in [0.05, 0.1) is 34.1 Å². The first-order valence-corrected chi connectivity index (χ1v) is 11.4. The number of halogens is 2. The molecule has 0 aliphatic rings. The molecular formula is C24H19F2N5O2S. The third kappa shape index (κ3) is 3.65. The van der Waals surface area contributed by atoms with E-state index in [0.29, 0.717) is 27.8 Å². The molecule has 3 aromatic heterocycles. The number of benzene rings is 2. The molecule has 2 aromatic carbocycles. The molecule has 7 nitrogen and oxygen atoms in total. The largest absolute Gasteiger partial charge is 0.435 e. The monoisotopic (exact) mass is 479 g/mol. The summed E-state index contributed by atoms with van der Waals surface area (Å²) in [6.45, 7) is -2.94. The van der Waals surface area contributed by atoms with Crippen molar-refractivity contribution in [2.24, 2.45) is 7.05 Å². The molecule has 5 aromatic rings. The van der Waals surface area contributed by atoms with Gasteiger partial charge in [-0.05, 0) is 54.3 Å². The molecule has 2 N–H and O–H groups in total. The Morgan fingerprint density at radius 2 is 1.82 bits per heavy atom. The van der Waals surface area contributed by atoms with Crippen LogP contribution in [0.5, 0.6) is 5.75 Å². The second kappa shape index (κ2) is 8.45. The summed E-state index contributed by atoms with van der Waals surface area (Å²) < 4.78 is 33.0. The summed E-state index contributed by atoms with van der Waals surface area (Å²) in [5.41, 5.74) is 10.5. The zero-order valence-corrected chi connectivity index (χ0v) is 19.0. The van der Waals surface area contributed by atoms with E-state index in [1.807, 2.05) is 36.1 Å². The van der Waals surface area contributed by atoms with Crippen molar-refractivity contribution in [2.45, 2.75) is 11.5 Å². The van der Waals surface area contributed by atoms with Crippen molar-refractivity contribution in [1.29, 1.82) is 0 Å². The summed E-state index contributed by atoms with van der Waals surface area (Å²) in [6.07, 6.45) is 5.31. The number of pyridine rings is 2. The number of imidazole rings is 1. The van der Waals surface area contributed by atoms with E-state index in [0.717, 1.165) is 15.9 Å². The van der Waals surface area contributed by atoms with E-state index in [4.69, 9.17) is 5.73 Å². The van der Waals surface area contributed by atoms with Crippen LogP contribution in [0.3, 0.4) is 0 Å². The molecule has 10 heteroatoms. The predicted octanol–water partition coefficient (Wildman–Crippen LogP) is 4.84. The van der Waals surface area contributed by atoms with Crippen molar-refractivity contribution in [3.63, 3.8) is 0 Å². The highest BCUT2D eigenvalue weighted by molar-refractivity contribution is 7.98. The number of nitrogens with two attached hydrogens (primary N) is 1. The van der Waals surface area contributed by atoms with Gasteiger partial charge < -0.3 is 15.0 Å². The highest BCUT2D eigenvalue weighted by Crippen LogP contribution is 2.33. The van der Waals surface area contributed by atoms with Crippen LogP contribution in [0.25, 0.3) is 38.9 Å². The summed E-state index contributed by atoms with van der Waals surface area (Å²) >= 11 is 1.48. The molecule has 0 aliphatic carbocycles. The Bertz CT molecular complexity index is 1600. The second-order valence-electron chi connectivity index (χ2n) is 7.60. The number of hydrogen-bond acceptors (Lipinski definition) is 6. The molecule has 34 heavy (non-hydrogen) atoms. The second-order valence-corrected chi connectivity index (χ2v) is 8.48. The smallest absolute Gasteiger partial charge is 0.387 e. The van der Waals surface area contributed by atoms with E-state index in [9.17, 15) is 13.6 Å². The number of rotatable bonds is 5. The fourth-order valence-corrected chi connectivity index (χ4v) is 4.36. The van der Waals surface area contributed by atoms with Gasteiger partial charge >= 0.3 is 6.61 Å². The Morgan fingerprint density at radius 1 is 1.06 bits per heavy atom. The maximum Gasteiger partial charge on any atom is 0.387 e. The Labute approximate surface area is 196 Å². The van der Waals surface area contributed by atoms with Crippen molar-refractivity contribution < 1.29 is 13.5 Å². The van der Waals surface area contributed by atoms with Crippen LogP contribution in [-0.4, -0.2) is 32.0 Å². The van der Waals surface area contributed by atoms with Gasteiger partial charge in [-0.1, -0.05) is 6.07 Å². The van der Waals surface area contributed by atoms with Crippen LogP contribution in [0.4, 0.5) is 14.5 Å². The number of hydrogen-bond donors (Lipinski definition) is 1. The van der Waals surface area contributed by atoms with Crippen molar-refractivity contribution in [1.82, 2.24) is 19.1 Å². The molecular weight excluding hydrogens is 460 g/mol. The maximum absolute atomic E-state index is 13.9. The van der Waals surface area contributed by atoms with Gasteiger partial charge in [0, 0.05) is 23.8 Å². The van der Waals surface area contributed by atoms with E-state index in [-0.39, 0.29) is 17.0 Å². The quantitative estimate of drug-likeness (QED) is 0.363. The van der Waals surface area contributed by atoms with Gasteiger partial charge in [-0.3, -0.25) is 14.3 Å². The molecule has 0 amide bonds. The number of nitrogen functional groups attached to an aromatic ring is 1. The molecule has 0 unspecified atom stereocenters. The Hall–Kier alpha value is -3.92. The first kappa shape index (κ1) is 21.9. The van der Waals surface area contributed by atoms with Crippen LogP contribution < -0.4 is 16.0 Å². The lowest BCUT2D eigenvalue weighted by molar-refractivity contribution is -0.0498. The first-order valence-electron chi connectivity index (χ1n) is 10.2. The number of aryl methyl sites for hydroxylation is 1. The molecule has 0 bridgehead atoms. The van der Waals surface area contributed by atoms with Crippen LogP contribution in [0.2, 0.25) is 0 Å². The number of anilines is 1. The van der Waals surface area contributed by atoms with Crippen LogP contribution in [-0.2, 0) is 7.05 Å². The van der Waals surface area contributed by atoms with Crippen molar-refractivity contribution >= 4 is 39.5 Å². The van der Waals surface area contributed by atoms with Gasteiger partial charge in [0.25, 0.3) is 5.56 Å². The minimum absolute atomic E-state index is 0.00337. The van der Waals surface area contributed by atoms with E-state index in [2.05, 4.69) is 14.7 Å². The summed E-state index contributed by atoms with van der Waals surface area (Å²) in [5, 5.41) is 0. The van der Waals surface area contributed by atoms with Gasteiger partial charge in [-0.25, -0.2) is 4.98 Å². The summed E-state index contributed by atoms with van der Waals surface area (Å²) in [4.78, 5) is 23.6. The standard InChI is InChI=1S/C24H19F2N5O2S/c1-30-12-29-17-8-3-13(9-18(17)30)20-21(27)22-19(10-16(34-2)11-28-22)31(23(20)32)14-4-6-15(7-5-14)33-24(25)26/h3-12,24H,27H2,1-2H3. The van der Waals surface area contributed by atoms with E-state index in [1.165, 1.54) is 28.5 Å². The number of aromatic nitrogens is 4. The third-order valence-electron chi connectivity index (χ3n) is 5.59. The summed E-state index contributed by atoms with van der Waals surface area (Å²) in [6, 6.07) is 13.2.